The van der Waals surface area contributed by atoms with Gasteiger partial charge in [-0.2, -0.15) is 0 Å². The van der Waals surface area contributed by atoms with Gasteiger partial charge in [0.05, 0.1) is 13.2 Å². The number of carbonyl (C=O) groups is 1. The van der Waals surface area contributed by atoms with Crippen LogP contribution in [0.15, 0.2) is 22.7 Å². The number of amides is 2. The molecule has 1 N–H and O–H groups in total. The van der Waals surface area contributed by atoms with E-state index in [-0.39, 0.29) is 6.03 Å². The minimum absolute atomic E-state index is 0.105. The van der Waals surface area contributed by atoms with Gasteiger partial charge in [-0.1, -0.05) is 17.3 Å². The first-order chi connectivity index (χ1) is 12.7. The summed E-state index contributed by atoms with van der Waals surface area (Å²) in [4.78, 5) is 14.1. The number of hydrogen-bond donors (Lipinski definition) is 1. The first-order valence-electron chi connectivity index (χ1n) is 9.40. The van der Waals surface area contributed by atoms with Crippen molar-refractivity contribution in [3.63, 3.8) is 0 Å². The average Bonchev–Trinajstić information content (AvgIpc) is 3.09. The molecule has 1 aromatic carbocycles. The first-order valence-corrected chi connectivity index (χ1v) is 9.40. The molecule has 2 aromatic rings. The smallest absolute Gasteiger partial charge is 0.317 e. The normalized spacial score (nSPS) is 15.6. The van der Waals surface area contributed by atoms with Gasteiger partial charge in [-0.15, -0.1) is 0 Å². The van der Waals surface area contributed by atoms with Crippen molar-refractivity contribution in [3.05, 3.63) is 46.3 Å². The molecule has 138 valence electrons. The molecule has 1 aliphatic heterocycles. The van der Waals surface area contributed by atoms with Crippen molar-refractivity contribution in [2.24, 2.45) is 0 Å². The minimum Gasteiger partial charge on any atom is -0.493 e. The molecular formula is C20H25N3O3. The lowest BCUT2D eigenvalue weighted by Gasteiger charge is -2.20. The molecule has 2 aliphatic rings. The molecule has 0 saturated carbocycles. The van der Waals surface area contributed by atoms with Gasteiger partial charge in [0.2, 0.25) is 0 Å². The molecule has 0 fully saturated rings. The van der Waals surface area contributed by atoms with E-state index < -0.39 is 0 Å². The number of ether oxygens (including phenoxy) is 1. The van der Waals surface area contributed by atoms with Crippen LogP contribution in [-0.2, 0) is 32.4 Å². The fourth-order valence-corrected chi connectivity index (χ4v) is 3.71. The number of carbonyl (C=O) groups excluding carboxylic acids is 1. The van der Waals surface area contributed by atoms with E-state index in [0.717, 1.165) is 61.5 Å². The van der Waals surface area contributed by atoms with E-state index >= 15 is 0 Å². The number of rotatable bonds is 4. The number of nitrogens with one attached hydrogen (secondary N) is 1. The summed E-state index contributed by atoms with van der Waals surface area (Å²) in [6.07, 6.45) is 6.37. The fraction of sp³-hybridized carbons (Fsp3) is 0.500. The van der Waals surface area contributed by atoms with Crippen LogP contribution in [0.25, 0.3) is 0 Å². The van der Waals surface area contributed by atoms with Crippen molar-refractivity contribution in [2.45, 2.75) is 51.6 Å². The van der Waals surface area contributed by atoms with E-state index in [1.807, 2.05) is 12.1 Å². The predicted octanol–water partition coefficient (Wildman–Crippen LogP) is 3.22. The maximum Gasteiger partial charge on any atom is 0.317 e. The largest absolute Gasteiger partial charge is 0.493 e. The van der Waals surface area contributed by atoms with Crippen molar-refractivity contribution in [1.29, 1.82) is 0 Å². The van der Waals surface area contributed by atoms with Gasteiger partial charge < -0.3 is 19.5 Å². The second-order valence-corrected chi connectivity index (χ2v) is 7.15. The molecule has 1 aromatic heterocycles. The van der Waals surface area contributed by atoms with Crippen LogP contribution in [0.3, 0.4) is 0 Å². The van der Waals surface area contributed by atoms with Crippen LogP contribution < -0.4 is 10.1 Å². The molecular weight excluding hydrogens is 330 g/mol. The van der Waals surface area contributed by atoms with Crippen LogP contribution in [0.4, 0.5) is 4.79 Å². The molecule has 2 amide bonds. The minimum atomic E-state index is -0.105. The molecule has 0 bridgehead atoms. The maximum atomic E-state index is 12.4. The third-order valence-corrected chi connectivity index (χ3v) is 5.18. The number of fused-ring (bicyclic) bond motifs is 2. The molecule has 0 radical (unpaired) electrons. The third-order valence-electron chi connectivity index (χ3n) is 5.18. The first kappa shape index (κ1) is 16.9. The molecule has 0 spiro atoms. The number of aryl methyl sites for hydroxylation is 2. The molecule has 0 atom stereocenters. The highest BCUT2D eigenvalue weighted by Gasteiger charge is 2.21. The molecule has 6 nitrogen and oxygen atoms in total. The summed E-state index contributed by atoms with van der Waals surface area (Å²) in [6, 6.07) is 6.04. The SMILES string of the molecule is CN(Cc1noc2c1CCCC2)C(=O)NCc1ccc2c(c1)CCCO2. The molecule has 4 rings (SSSR count). The topological polar surface area (TPSA) is 67.6 Å². The van der Waals surface area contributed by atoms with Crippen molar-refractivity contribution >= 4 is 6.03 Å². The van der Waals surface area contributed by atoms with Gasteiger partial charge in [-0.3, -0.25) is 0 Å². The van der Waals surface area contributed by atoms with Crippen molar-refractivity contribution in [1.82, 2.24) is 15.4 Å². The van der Waals surface area contributed by atoms with Gasteiger partial charge in [-0.25, -0.2) is 4.79 Å². The van der Waals surface area contributed by atoms with Gasteiger partial charge in [0.25, 0.3) is 0 Å². The van der Waals surface area contributed by atoms with Crippen LogP contribution >= 0.6 is 0 Å². The lowest BCUT2D eigenvalue weighted by Crippen LogP contribution is -2.36. The molecule has 2 heterocycles. The Balaban J connectivity index is 1.34. The maximum absolute atomic E-state index is 12.4. The number of nitrogens with zero attached hydrogens (tertiary/aromatic N) is 2. The van der Waals surface area contributed by atoms with E-state index in [0.29, 0.717) is 13.1 Å². The molecule has 0 saturated heterocycles. The Labute approximate surface area is 153 Å². The van der Waals surface area contributed by atoms with Gasteiger partial charge in [-0.05, 0) is 49.3 Å². The Morgan fingerprint density at radius 1 is 1.23 bits per heavy atom. The van der Waals surface area contributed by atoms with Crippen LogP contribution in [0, 0.1) is 0 Å². The summed E-state index contributed by atoms with van der Waals surface area (Å²) in [5.74, 6) is 1.97. The predicted molar refractivity (Wildman–Crippen MR) is 97.1 cm³/mol. The summed E-state index contributed by atoms with van der Waals surface area (Å²) < 4.78 is 11.1. The zero-order valence-electron chi connectivity index (χ0n) is 15.2. The summed E-state index contributed by atoms with van der Waals surface area (Å²) in [5.41, 5.74) is 4.41. The molecule has 1 aliphatic carbocycles. The number of benzene rings is 1. The Morgan fingerprint density at radius 2 is 2.12 bits per heavy atom. The average molecular weight is 355 g/mol. The van der Waals surface area contributed by atoms with Crippen molar-refractivity contribution in [3.8, 4) is 5.75 Å². The molecule has 26 heavy (non-hydrogen) atoms. The summed E-state index contributed by atoms with van der Waals surface area (Å²) in [6.45, 7) is 1.77. The Morgan fingerprint density at radius 3 is 3.04 bits per heavy atom. The monoisotopic (exact) mass is 355 g/mol. The summed E-state index contributed by atoms with van der Waals surface area (Å²) in [5, 5.41) is 7.16. The van der Waals surface area contributed by atoms with Gasteiger partial charge in [0.15, 0.2) is 0 Å². The van der Waals surface area contributed by atoms with Crippen LogP contribution in [0.2, 0.25) is 0 Å². The van der Waals surface area contributed by atoms with E-state index in [2.05, 4.69) is 16.5 Å². The highest BCUT2D eigenvalue weighted by atomic mass is 16.5. The zero-order chi connectivity index (χ0) is 17.9. The second kappa shape index (κ2) is 7.40. The number of urea groups is 1. The highest BCUT2D eigenvalue weighted by molar-refractivity contribution is 5.73. The van der Waals surface area contributed by atoms with E-state index in [9.17, 15) is 4.79 Å². The fourth-order valence-electron chi connectivity index (χ4n) is 3.71. The van der Waals surface area contributed by atoms with Crippen LogP contribution in [0.5, 0.6) is 5.75 Å². The van der Waals surface area contributed by atoms with Crippen LogP contribution in [-0.4, -0.2) is 29.7 Å². The standard InChI is InChI=1S/C20H25N3O3/c1-23(13-17-16-6-2-3-7-19(16)26-22-17)20(24)21-12-14-8-9-18-15(11-14)5-4-10-25-18/h8-9,11H,2-7,10,12-13H2,1H3,(H,21,24). The number of hydrogen-bond acceptors (Lipinski definition) is 4. The summed E-state index contributed by atoms with van der Waals surface area (Å²) >= 11 is 0. The third kappa shape index (κ3) is 3.54. The molecule has 6 heteroatoms. The summed E-state index contributed by atoms with van der Waals surface area (Å²) in [7, 11) is 1.79. The van der Waals surface area contributed by atoms with Crippen molar-refractivity contribution < 1.29 is 14.1 Å². The van der Waals surface area contributed by atoms with E-state index in [1.165, 1.54) is 17.5 Å². The second-order valence-electron chi connectivity index (χ2n) is 7.15. The van der Waals surface area contributed by atoms with E-state index in [1.54, 1.807) is 11.9 Å². The van der Waals surface area contributed by atoms with Crippen LogP contribution in [0.1, 0.15) is 47.4 Å². The Bertz CT molecular complexity index is 800. The lowest BCUT2D eigenvalue weighted by atomic mass is 9.96. The quantitative estimate of drug-likeness (QED) is 0.914. The van der Waals surface area contributed by atoms with Gasteiger partial charge >= 0.3 is 6.03 Å². The zero-order valence-corrected chi connectivity index (χ0v) is 15.2. The highest BCUT2D eigenvalue weighted by Crippen LogP contribution is 2.26. The Hall–Kier alpha value is -2.50. The number of aromatic nitrogens is 1. The Kier molecular flexibility index (Phi) is 4.82. The van der Waals surface area contributed by atoms with E-state index in [4.69, 9.17) is 9.26 Å². The van der Waals surface area contributed by atoms with Gasteiger partial charge in [0, 0.05) is 25.6 Å². The molecule has 0 unspecified atom stereocenters. The van der Waals surface area contributed by atoms with Gasteiger partial charge in [0.1, 0.15) is 17.2 Å². The lowest BCUT2D eigenvalue weighted by molar-refractivity contribution is 0.205. The van der Waals surface area contributed by atoms with Crippen molar-refractivity contribution in [2.75, 3.05) is 13.7 Å².